The minimum Gasteiger partial charge on any atom is -0.495 e. The summed E-state index contributed by atoms with van der Waals surface area (Å²) < 4.78 is 20.1. The monoisotopic (exact) mass is 399 g/mol. The zero-order valence-corrected chi connectivity index (χ0v) is 16.4. The first-order valence-electron chi connectivity index (χ1n) is 8.54. The average molecular weight is 400 g/mol. The van der Waals surface area contributed by atoms with Crippen LogP contribution in [0.25, 0.3) is 11.8 Å². The van der Waals surface area contributed by atoms with E-state index in [0.29, 0.717) is 16.5 Å². The molecule has 3 aromatic rings. The Hall–Kier alpha value is -3.12. The number of halogens is 2. The first-order valence-corrected chi connectivity index (χ1v) is 8.91. The summed E-state index contributed by atoms with van der Waals surface area (Å²) in [4.78, 5) is 12.3. The van der Waals surface area contributed by atoms with Crippen LogP contribution in [-0.2, 0) is 4.79 Å². The lowest BCUT2D eigenvalue weighted by Crippen LogP contribution is -2.09. The van der Waals surface area contributed by atoms with Gasteiger partial charge in [0.1, 0.15) is 11.6 Å². The molecule has 0 aliphatic carbocycles. The van der Waals surface area contributed by atoms with Crippen LogP contribution >= 0.6 is 11.6 Å². The predicted octanol–water partition coefficient (Wildman–Crippen LogP) is 4.94. The van der Waals surface area contributed by atoms with Gasteiger partial charge in [-0.05, 0) is 62.4 Å². The van der Waals surface area contributed by atoms with Crippen molar-refractivity contribution in [3.8, 4) is 11.4 Å². The van der Waals surface area contributed by atoms with Crippen molar-refractivity contribution >= 4 is 29.3 Å². The van der Waals surface area contributed by atoms with E-state index in [1.54, 1.807) is 41.1 Å². The van der Waals surface area contributed by atoms with Gasteiger partial charge in [0.25, 0.3) is 0 Å². The number of nitrogens with one attached hydrogen (secondary N) is 1. The first kappa shape index (κ1) is 19.6. The van der Waals surface area contributed by atoms with Gasteiger partial charge in [0, 0.05) is 22.4 Å². The highest BCUT2D eigenvalue weighted by Crippen LogP contribution is 2.27. The smallest absolute Gasteiger partial charge is 0.248 e. The Balaban J connectivity index is 1.82. The highest BCUT2D eigenvalue weighted by Gasteiger charge is 2.12. The fraction of sp³-hybridized carbons (Fsp3) is 0.143. The van der Waals surface area contributed by atoms with Crippen molar-refractivity contribution in [3.63, 3.8) is 0 Å². The van der Waals surface area contributed by atoms with Gasteiger partial charge in [0.15, 0.2) is 0 Å². The SMILES string of the molecule is COc1ccc(Cl)cc1NC(=O)/C=C/c1c(C)nn(-c2ccc(F)cc2)c1C. The average Bonchev–Trinajstić information content (AvgIpc) is 2.95. The molecule has 1 heterocycles. The van der Waals surface area contributed by atoms with E-state index in [9.17, 15) is 9.18 Å². The quantitative estimate of drug-likeness (QED) is 0.618. The van der Waals surface area contributed by atoms with Crippen molar-refractivity contribution < 1.29 is 13.9 Å². The molecule has 1 N–H and O–H groups in total. The van der Waals surface area contributed by atoms with Gasteiger partial charge in [-0.1, -0.05) is 11.6 Å². The number of amides is 1. The highest BCUT2D eigenvalue weighted by atomic mass is 35.5. The van der Waals surface area contributed by atoms with Gasteiger partial charge in [-0.25, -0.2) is 9.07 Å². The third-order valence-electron chi connectivity index (χ3n) is 4.24. The second kappa shape index (κ2) is 8.27. The summed E-state index contributed by atoms with van der Waals surface area (Å²) in [6, 6.07) is 11.1. The molecular formula is C21H19ClFN3O2. The van der Waals surface area contributed by atoms with Crippen LogP contribution in [0.15, 0.2) is 48.5 Å². The first-order chi connectivity index (χ1) is 13.4. The van der Waals surface area contributed by atoms with Gasteiger partial charge in [0.05, 0.1) is 24.2 Å². The number of hydrogen-bond acceptors (Lipinski definition) is 3. The Kier molecular flexibility index (Phi) is 5.80. The fourth-order valence-electron chi connectivity index (χ4n) is 2.84. The molecule has 144 valence electrons. The summed E-state index contributed by atoms with van der Waals surface area (Å²) in [5.74, 6) is -0.116. The number of methoxy groups -OCH3 is 1. The van der Waals surface area contributed by atoms with E-state index in [0.717, 1.165) is 22.6 Å². The minimum absolute atomic E-state index is 0.307. The van der Waals surface area contributed by atoms with Gasteiger partial charge >= 0.3 is 0 Å². The number of nitrogens with zero attached hydrogens (tertiary/aromatic N) is 2. The molecular weight excluding hydrogens is 381 g/mol. The molecule has 0 aliphatic rings. The maximum atomic E-state index is 13.2. The number of aryl methyl sites for hydroxylation is 1. The molecule has 0 atom stereocenters. The Labute approximate surface area is 167 Å². The molecule has 0 fully saturated rings. The highest BCUT2D eigenvalue weighted by molar-refractivity contribution is 6.31. The third-order valence-corrected chi connectivity index (χ3v) is 4.47. The Morgan fingerprint density at radius 1 is 1.21 bits per heavy atom. The van der Waals surface area contributed by atoms with Crippen molar-refractivity contribution in [1.82, 2.24) is 9.78 Å². The summed E-state index contributed by atoms with van der Waals surface area (Å²) in [6.45, 7) is 3.74. The molecule has 0 aliphatic heterocycles. The zero-order valence-electron chi connectivity index (χ0n) is 15.7. The molecule has 0 bridgehead atoms. The summed E-state index contributed by atoms with van der Waals surface area (Å²) in [6.07, 6.45) is 3.12. The van der Waals surface area contributed by atoms with Crippen LogP contribution in [0.1, 0.15) is 17.0 Å². The largest absolute Gasteiger partial charge is 0.495 e. The number of ether oxygens (including phenoxy) is 1. The summed E-state index contributed by atoms with van der Waals surface area (Å²) in [7, 11) is 1.52. The van der Waals surface area contributed by atoms with Crippen LogP contribution in [0.3, 0.4) is 0 Å². The van der Waals surface area contributed by atoms with Gasteiger partial charge < -0.3 is 10.1 Å². The molecule has 28 heavy (non-hydrogen) atoms. The lowest BCUT2D eigenvalue weighted by molar-refractivity contribution is -0.111. The van der Waals surface area contributed by atoms with E-state index in [1.165, 1.54) is 25.3 Å². The molecule has 1 aromatic heterocycles. The van der Waals surface area contributed by atoms with E-state index < -0.39 is 0 Å². The van der Waals surface area contributed by atoms with Gasteiger partial charge in [-0.3, -0.25) is 4.79 Å². The van der Waals surface area contributed by atoms with Gasteiger partial charge in [0.2, 0.25) is 5.91 Å². The Morgan fingerprint density at radius 2 is 1.93 bits per heavy atom. The van der Waals surface area contributed by atoms with Crippen molar-refractivity contribution in [3.05, 3.63) is 76.3 Å². The lowest BCUT2D eigenvalue weighted by atomic mass is 10.2. The van der Waals surface area contributed by atoms with E-state index in [1.807, 2.05) is 13.8 Å². The normalized spacial score (nSPS) is 11.0. The van der Waals surface area contributed by atoms with E-state index in [2.05, 4.69) is 10.4 Å². The molecule has 3 rings (SSSR count). The Morgan fingerprint density at radius 3 is 2.61 bits per heavy atom. The number of benzene rings is 2. The van der Waals surface area contributed by atoms with Crippen LogP contribution in [0.2, 0.25) is 5.02 Å². The molecule has 1 amide bonds. The lowest BCUT2D eigenvalue weighted by Gasteiger charge is -2.09. The van der Waals surface area contributed by atoms with Crippen LogP contribution in [0, 0.1) is 19.7 Å². The molecule has 0 unspecified atom stereocenters. The van der Waals surface area contributed by atoms with Crippen molar-refractivity contribution in [2.24, 2.45) is 0 Å². The van der Waals surface area contributed by atoms with Crippen LogP contribution in [-0.4, -0.2) is 22.8 Å². The van der Waals surface area contributed by atoms with Crippen molar-refractivity contribution in [1.29, 1.82) is 0 Å². The van der Waals surface area contributed by atoms with Crippen LogP contribution < -0.4 is 10.1 Å². The molecule has 0 saturated carbocycles. The molecule has 0 spiro atoms. The number of anilines is 1. The van der Waals surface area contributed by atoms with Crippen molar-refractivity contribution in [2.75, 3.05) is 12.4 Å². The molecule has 0 radical (unpaired) electrons. The second-order valence-electron chi connectivity index (χ2n) is 6.14. The number of carbonyl (C=O) groups excluding carboxylic acids is 1. The molecule has 5 nitrogen and oxygen atoms in total. The van der Waals surface area contributed by atoms with Gasteiger partial charge in [-0.15, -0.1) is 0 Å². The summed E-state index contributed by atoms with van der Waals surface area (Å²) in [5.41, 5.74) is 3.65. The van der Waals surface area contributed by atoms with Crippen LogP contribution in [0.5, 0.6) is 5.75 Å². The van der Waals surface area contributed by atoms with Crippen molar-refractivity contribution in [2.45, 2.75) is 13.8 Å². The number of carbonyl (C=O) groups is 1. The third kappa shape index (κ3) is 4.23. The van der Waals surface area contributed by atoms with E-state index in [4.69, 9.17) is 16.3 Å². The minimum atomic E-state index is -0.325. The van der Waals surface area contributed by atoms with Crippen LogP contribution in [0.4, 0.5) is 10.1 Å². The predicted molar refractivity (Wildman–Crippen MR) is 109 cm³/mol. The number of hydrogen-bond donors (Lipinski definition) is 1. The summed E-state index contributed by atoms with van der Waals surface area (Å²) in [5, 5.41) is 7.73. The maximum Gasteiger partial charge on any atom is 0.248 e. The second-order valence-corrected chi connectivity index (χ2v) is 6.58. The summed E-state index contributed by atoms with van der Waals surface area (Å²) >= 11 is 5.98. The standard InChI is InChI=1S/C21H19ClFN3O2/c1-13-18(14(2)26(25-13)17-7-5-16(23)6-8-17)9-11-21(27)24-19-12-15(22)4-10-20(19)28-3/h4-12H,1-3H3,(H,24,27)/b11-9+. The van der Waals surface area contributed by atoms with E-state index >= 15 is 0 Å². The zero-order chi connectivity index (χ0) is 20.3. The maximum absolute atomic E-state index is 13.2. The molecule has 2 aromatic carbocycles. The molecule has 7 heteroatoms. The number of rotatable bonds is 5. The van der Waals surface area contributed by atoms with Gasteiger partial charge in [-0.2, -0.15) is 5.10 Å². The topological polar surface area (TPSA) is 56.1 Å². The fourth-order valence-corrected chi connectivity index (χ4v) is 3.01. The van der Waals surface area contributed by atoms with E-state index in [-0.39, 0.29) is 11.7 Å². The molecule has 0 saturated heterocycles. The number of aromatic nitrogens is 2. The Bertz CT molecular complexity index is 1040.